The molecule has 1 atom stereocenters. The van der Waals surface area contributed by atoms with Crippen LogP contribution in [0, 0.1) is 5.92 Å². The average Bonchev–Trinajstić information content (AvgIpc) is 3.58. The van der Waals surface area contributed by atoms with Crippen molar-refractivity contribution in [3.63, 3.8) is 0 Å². The second-order valence-electron chi connectivity index (χ2n) is 8.11. The monoisotopic (exact) mass is 434 g/mol. The van der Waals surface area contributed by atoms with Crippen LogP contribution >= 0.6 is 0 Å². The van der Waals surface area contributed by atoms with Crippen LogP contribution in [0.4, 0.5) is 4.79 Å². The molecule has 4 heterocycles. The van der Waals surface area contributed by atoms with E-state index in [1.54, 1.807) is 17.3 Å². The van der Waals surface area contributed by atoms with Gasteiger partial charge >= 0.3 is 6.09 Å². The fraction of sp³-hybridized carbons (Fsp3) is 0.375. The van der Waals surface area contributed by atoms with Crippen molar-refractivity contribution in [1.82, 2.24) is 19.7 Å². The second-order valence-corrected chi connectivity index (χ2v) is 8.11. The highest BCUT2D eigenvalue weighted by atomic mass is 16.6. The van der Waals surface area contributed by atoms with E-state index in [0.29, 0.717) is 38.8 Å². The number of ether oxygens (including phenoxy) is 3. The van der Waals surface area contributed by atoms with Crippen molar-refractivity contribution in [3.05, 3.63) is 66.5 Å². The molecular formula is C24H26N4O4. The van der Waals surface area contributed by atoms with Gasteiger partial charge in [-0.3, -0.25) is 4.98 Å². The van der Waals surface area contributed by atoms with E-state index in [1.165, 1.54) is 0 Å². The molecule has 8 nitrogen and oxygen atoms in total. The fourth-order valence-electron chi connectivity index (χ4n) is 3.85. The molecular weight excluding hydrogens is 408 g/mol. The Hall–Kier alpha value is -3.39. The van der Waals surface area contributed by atoms with Gasteiger partial charge in [-0.25, -0.2) is 9.48 Å². The summed E-state index contributed by atoms with van der Waals surface area (Å²) in [6.07, 6.45) is 5.07. The maximum atomic E-state index is 12.3. The molecule has 166 valence electrons. The molecule has 2 aliphatic heterocycles. The molecule has 2 aliphatic rings. The van der Waals surface area contributed by atoms with Crippen LogP contribution in [0.5, 0.6) is 5.75 Å². The summed E-state index contributed by atoms with van der Waals surface area (Å²) in [7, 11) is 0. The van der Waals surface area contributed by atoms with E-state index < -0.39 is 0 Å². The zero-order chi connectivity index (χ0) is 21.8. The molecule has 2 fully saturated rings. The van der Waals surface area contributed by atoms with Crippen molar-refractivity contribution in [3.8, 4) is 17.1 Å². The summed E-state index contributed by atoms with van der Waals surface area (Å²) in [5.41, 5.74) is 2.77. The lowest BCUT2D eigenvalue weighted by Gasteiger charge is -2.31. The van der Waals surface area contributed by atoms with Crippen LogP contribution in [0.3, 0.4) is 0 Å². The molecule has 0 aliphatic carbocycles. The van der Waals surface area contributed by atoms with Crippen LogP contribution in [-0.4, -0.2) is 52.1 Å². The minimum absolute atomic E-state index is 0.0270. The molecule has 1 aromatic carbocycles. The zero-order valence-corrected chi connectivity index (χ0v) is 17.8. The molecule has 0 saturated carbocycles. The van der Waals surface area contributed by atoms with Gasteiger partial charge in [-0.2, -0.15) is 5.10 Å². The number of carbonyl (C=O) groups excluding carboxylic acids is 1. The van der Waals surface area contributed by atoms with Gasteiger partial charge in [-0.1, -0.05) is 30.3 Å². The highest BCUT2D eigenvalue weighted by molar-refractivity contribution is 5.67. The van der Waals surface area contributed by atoms with Gasteiger partial charge in [0.2, 0.25) is 0 Å². The van der Waals surface area contributed by atoms with Crippen LogP contribution in [0.2, 0.25) is 0 Å². The first-order valence-corrected chi connectivity index (χ1v) is 11.0. The maximum absolute atomic E-state index is 12.3. The van der Waals surface area contributed by atoms with Crippen molar-refractivity contribution in [2.75, 3.05) is 26.3 Å². The molecule has 1 amide bonds. The van der Waals surface area contributed by atoms with Gasteiger partial charge in [0.1, 0.15) is 12.4 Å². The van der Waals surface area contributed by atoms with Gasteiger partial charge in [-0.15, -0.1) is 0 Å². The number of hydrogen-bond acceptors (Lipinski definition) is 6. The van der Waals surface area contributed by atoms with E-state index in [0.717, 1.165) is 35.5 Å². The number of aromatic nitrogens is 3. The van der Waals surface area contributed by atoms with Gasteiger partial charge in [-0.05, 0) is 42.5 Å². The number of piperidine rings is 1. The van der Waals surface area contributed by atoms with Gasteiger partial charge in [0.05, 0.1) is 30.8 Å². The lowest BCUT2D eigenvalue weighted by Crippen LogP contribution is -2.39. The molecule has 0 bridgehead atoms. The first kappa shape index (κ1) is 20.5. The van der Waals surface area contributed by atoms with E-state index in [2.05, 4.69) is 10.1 Å². The summed E-state index contributed by atoms with van der Waals surface area (Å²) >= 11 is 0. The van der Waals surface area contributed by atoms with Gasteiger partial charge in [0.25, 0.3) is 0 Å². The molecule has 2 aromatic heterocycles. The summed E-state index contributed by atoms with van der Waals surface area (Å²) in [5, 5.41) is 4.30. The summed E-state index contributed by atoms with van der Waals surface area (Å²) in [6, 6.07) is 15.5. The zero-order valence-electron chi connectivity index (χ0n) is 17.8. The van der Waals surface area contributed by atoms with E-state index in [9.17, 15) is 4.79 Å². The topological polar surface area (TPSA) is 82.0 Å². The number of benzene rings is 1. The minimum Gasteiger partial charge on any atom is -0.492 e. The third-order valence-electron chi connectivity index (χ3n) is 5.82. The van der Waals surface area contributed by atoms with Crippen LogP contribution in [0.15, 0.2) is 60.9 Å². The highest BCUT2D eigenvalue weighted by Crippen LogP contribution is 2.29. The Morgan fingerprint density at radius 1 is 1.09 bits per heavy atom. The van der Waals surface area contributed by atoms with E-state index in [4.69, 9.17) is 14.2 Å². The van der Waals surface area contributed by atoms with Crippen molar-refractivity contribution < 1.29 is 19.0 Å². The third-order valence-corrected chi connectivity index (χ3v) is 5.82. The molecule has 0 spiro atoms. The molecule has 0 radical (unpaired) electrons. The molecule has 5 rings (SSSR count). The van der Waals surface area contributed by atoms with Crippen LogP contribution in [0.25, 0.3) is 11.4 Å². The maximum Gasteiger partial charge on any atom is 0.410 e. The Kier molecular flexibility index (Phi) is 6.02. The van der Waals surface area contributed by atoms with E-state index in [1.807, 2.05) is 53.2 Å². The van der Waals surface area contributed by atoms with Crippen molar-refractivity contribution in [2.45, 2.75) is 25.7 Å². The van der Waals surface area contributed by atoms with Crippen molar-refractivity contribution in [1.29, 1.82) is 0 Å². The smallest absolute Gasteiger partial charge is 0.410 e. The number of likely N-dealkylation sites (tertiary alicyclic amines) is 1. The summed E-state index contributed by atoms with van der Waals surface area (Å²) in [6.45, 7) is 2.99. The van der Waals surface area contributed by atoms with Gasteiger partial charge in [0, 0.05) is 19.3 Å². The van der Waals surface area contributed by atoms with Crippen LogP contribution in [-0.2, 0) is 16.1 Å². The molecule has 2 saturated heterocycles. The predicted molar refractivity (Wildman–Crippen MR) is 117 cm³/mol. The van der Waals surface area contributed by atoms with Crippen LogP contribution < -0.4 is 4.74 Å². The number of hydrogen-bond donors (Lipinski definition) is 0. The largest absolute Gasteiger partial charge is 0.492 e. The summed E-state index contributed by atoms with van der Waals surface area (Å²) in [5.74, 6) is 1.15. The number of nitrogens with zero attached hydrogens (tertiary/aromatic N) is 4. The predicted octanol–water partition coefficient (Wildman–Crippen LogP) is 3.90. The Morgan fingerprint density at radius 3 is 2.62 bits per heavy atom. The highest BCUT2D eigenvalue weighted by Gasteiger charge is 2.28. The SMILES string of the molecule is O=C(OCc1ccccc1)N1CCC(COc2ccc(-c3ccnn3C3CO3)nc2)CC1. The fourth-order valence-corrected chi connectivity index (χ4v) is 3.85. The number of pyridine rings is 1. The lowest BCUT2D eigenvalue weighted by atomic mass is 9.98. The Morgan fingerprint density at radius 2 is 1.91 bits per heavy atom. The van der Waals surface area contributed by atoms with Crippen LogP contribution in [0.1, 0.15) is 24.6 Å². The van der Waals surface area contributed by atoms with Gasteiger partial charge in [0.15, 0.2) is 6.23 Å². The summed E-state index contributed by atoms with van der Waals surface area (Å²) < 4.78 is 18.6. The first-order chi connectivity index (χ1) is 15.8. The second kappa shape index (κ2) is 9.40. The Balaban J connectivity index is 1.06. The number of rotatable bonds is 7. The van der Waals surface area contributed by atoms with E-state index in [-0.39, 0.29) is 12.3 Å². The number of epoxide rings is 1. The minimum atomic E-state index is -0.246. The van der Waals surface area contributed by atoms with E-state index >= 15 is 0 Å². The third kappa shape index (κ3) is 4.91. The molecule has 32 heavy (non-hydrogen) atoms. The number of carbonyl (C=O) groups is 1. The standard InChI is InChI=1S/C24H26N4O4/c29-24(32-16-18-4-2-1-3-5-18)27-12-9-19(10-13-27)15-30-20-6-7-21(25-14-20)22-8-11-26-28(22)23-17-31-23/h1-8,11,14,19,23H,9-10,12-13,15-17H2. The van der Waals surface area contributed by atoms with Crippen molar-refractivity contribution in [2.24, 2.45) is 5.92 Å². The molecule has 1 unspecified atom stereocenters. The van der Waals surface area contributed by atoms with Crippen molar-refractivity contribution >= 4 is 6.09 Å². The lowest BCUT2D eigenvalue weighted by molar-refractivity contribution is 0.0761. The number of amides is 1. The Bertz CT molecular complexity index is 1030. The van der Waals surface area contributed by atoms with Gasteiger partial charge < -0.3 is 19.1 Å². The molecule has 0 N–H and O–H groups in total. The first-order valence-electron chi connectivity index (χ1n) is 11.0. The Labute approximate surface area is 186 Å². The quantitative estimate of drug-likeness (QED) is 0.525. The molecule has 8 heteroatoms. The molecule has 3 aromatic rings. The normalized spacial score (nSPS) is 18.4. The summed E-state index contributed by atoms with van der Waals surface area (Å²) in [4.78, 5) is 18.6. The average molecular weight is 434 g/mol.